The van der Waals surface area contributed by atoms with Crippen molar-refractivity contribution in [2.75, 3.05) is 26.4 Å². The molecule has 0 saturated heterocycles. The monoisotopic (exact) mass is 522 g/mol. The molecule has 0 unspecified atom stereocenters. The van der Waals surface area contributed by atoms with Crippen molar-refractivity contribution in [3.8, 4) is 11.5 Å². The SMILES string of the molecule is O=C(/C=C/c1ccc(OCCCCCCCCO)cc1)/C=C/c1ccc(OCCCCCCCCO)cc1. The van der Waals surface area contributed by atoms with Crippen molar-refractivity contribution in [2.24, 2.45) is 0 Å². The summed E-state index contributed by atoms with van der Waals surface area (Å²) in [6.07, 6.45) is 19.8. The zero-order valence-corrected chi connectivity index (χ0v) is 22.9. The number of allylic oxidation sites excluding steroid dienone is 2. The molecule has 2 N–H and O–H groups in total. The first-order valence-corrected chi connectivity index (χ1v) is 14.3. The number of carbonyl (C=O) groups excluding carboxylic acids is 1. The fourth-order valence-electron chi connectivity index (χ4n) is 3.98. The maximum Gasteiger partial charge on any atom is 0.178 e. The van der Waals surface area contributed by atoms with E-state index < -0.39 is 0 Å². The quantitative estimate of drug-likeness (QED) is 0.124. The minimum absolute atomic E-state index is 0.0661. The van der Waals surface area contributed by atoms with Crippen LogP contribution in [0.2, 0.25) is 0 Å². The van der Waals surface area contributed by atoms with Gasteiger partial charge in [0.2, 0.25) is 0 Å². The Morgan fingerprint density at radius 2 is 0.868 bits per heavy atom. The molecule has 0 fully saturated rings. The molecule has 0 bridgehead atoms. The summed E-state index contributed by atoms with van der Waals surface area (Å²) in [6, 6.07) is 15.5. The van der Waals surface area contributed by atoms with Crippen molar-refractivity contribution < 1.29 is 24.5 Å². The van der Waals surface area contributed by atoms with Crippen LogP contribution in [-0.2, 0) is 4.79 Å². The predicted molar refractivity (Wildman–Crippen MR) is 157 cm³/mol. The standard InChI is InChI=1S/C33H46O5/c34-25-9-5-1-3-7-11-27-37-32-21-15-29(16-22-32)13-19-31(36)20-14-30-17-23-33(24-18-30)38-28-12-8-4-2-6-10-26-35/h13-24,34-35H,1-12,25-28H2/b19-13+,20-14+. The van der Waals surface area contributed by atoms with Crippen LogP contribution in [0.1, 0.15) is 88.2 Å². The van der Waals surface area contributed by atoms with Crippen LogP contribution >= 0.6 is 0 Å². The zero-order valence-electron chi connectivity index (χ0n) is 22.9. The van der Waals surface area contributed by atoms with Crippen LogP contribution in [-0.4, -0.2) is 42.4 Å². The third-order valence-corrected chi connectivity index (χ3v) is 6.28. The Morgan fingerprint density at radius 3 is 1.24 bits per heavy atom. The van der Waals surface area contributed by atoms with Gasteiger partial charge in [0.1, 0.15) is 11.5 Å². The zero-order chi connectivity index (χ0) is 27.1. The van der Waals surface area contributed by atoms with Crippen molar-refractivity contribution in [3.05, 3.63) is 71.8 Å². The van der Waals surface area contributed by atoms with Crippen molar-refractivity contribution in [3.63, 3.8) is 0 Å². The number of unbranched alkanes of at least 4 members (excludes halogenated alkanes) is 10. The van der Waals surface area contributed by atoms with Gasteiger partial charge in [-0.1, -0.05) is 87.8 Å². The lowest BCUT2D eigenvalue weighted by atomic mass is 10.1. The molecule has 0 aliphatic carbocycles. The third-order valence-electron chi connectivity index (χ3n) is 6.28. The molecular formula is C33H46O5. The summed E-state index contributed by atoms with van der Waals surface area (Å²) in [5.41, 5.74) is 1.91. The predicted octanol–water partition coefficient (Wildman–Crippen LogP) is 7.41. The van der Waals surface area contributed by atoms with Gasteiger partial charge in [0, 0.05) is 13.2 Å². The Balaban J connectivity index is 1.62. The lowest BCUT2D eigenvalue weighted by Crippen LogP contribution is -1.97. The Hall–Kier alpha value is -2.89. The van der Waals surface area contributed by atoms with Gasteiger partial charge < -0.3 is 19.7 Å². The fourth-order valence-corrected chi connectivity index (χ4v) is 3.98. The molecule has 208 valence electrons. The van der Waals surface area contributed by atoms with Gasteiger partial charge in [0.05, 0.1) is 13.2 Å². The number of rotatable bonds is 22. The molecule has 2 aromatic carbocycles. The van der Waals surface area contributed by atoms with Gasteiger partial charge in [-0.25, -0.2) is 0 Å². The van der Waals surface area contributed by atoms with Gasteiger partial charge in [-0.3, -0.25) is 4.79 Å². The topological polar surface area (TPSA) is 76.0 Å². The fraction of sp³-hybridized carbons (Fsp3) is 0.485. The van der Waals surface area contributed by atoms with Crippen LogP contribution in [0.15, 0.2) is 60.7 Å². The number of aliphatic hydroxyl groups excluding tert-OH is 2. The molecule has 0 heterocycles. The van der Waals surface area contributed by atoms with E-state index in [0.29, 0.717) is 26.4 Å². The minimum Gasteiger partial charge on any atom is -0.494 e. The average Bonchev–Trinajstić information content (AvgIpc) is 2.95. The normalized spacial score (nSPS) is 11.4. The Kier molecular flexibility index (Phi) is 17.4. The van der Waals surface area contributed by atoms with Crippen LogP contribution in [0.5, 0.6) is 11.5 Å². The molecule has 0 atom stereocenters. The van der Waals surface area contributed by atoms with Crippen molar-refractivity contribution in [1.82, 2.24) is 0 Å². The highest BCUT2D eigenvalue weighted by atomic mass is 16.5. The van der Waals surface area contributed by atoms with Gasteiger partial charge in [0.25, 0.3) is 0 Å². The maximum absolute atomic E-state index is 12.2. The molecule has 0 aliphatic heterocycles. The molecule has 0 aromatic heterocycles. The Labute approximate surface area is 229 Å². The number of ether oxygens (including phenoxy) is 2. The van der Waals surface area contributed by atoms with Crippen LogP contribution in [0.25, 0.3) is 12.2 Å². The van der Waals surface area contributed by atoms with Crippen LogP contribution in [0.3, 0.4) is 0 Å². The van der Waals surface area contributed by atoms with Crippen molar-refractivity contribution >= 4 is 17.9 Å². The molecule has 0 spiro atoms. The number of hydrogen-bond donors (Lipinski definition) is 2. The van der Waals surface area contributed by atoms with E-state index in [4.69, 9.17) is 19.7 Å². The molecule has 5 nitrogen and oxygen atoms in total. The lowest BCUT2D eigenvalue weighted by Gasteiger charge is -2.06. The number of benzene rings is 2. The summed E-state index contributed by atoms with van der Waals surface area (Å²) in [5.74, 6) is 1.62. The van der Waals surface area contributed by atoms with Crippen LogP contribution in [0.4, 0.5) is 0 Å². The van der Waals surface area contributed by atoms with E-state index in [1.807, 2.05) is 60.7 Å². The highest BCUT2D eigenvalue weighted by Gasteiger charge is 1.98. The number of hydrogen-bond acceptors (Lipinski definition) is 5. The summed E-state index contributed by atoms with van der Waals surface area (Å²) in [6.45, 7) is 2.00. The number of ketones is 1. The third kappa shape index (κ3) is 15.4. The Morgan fingerprint density at radius 1 is 0.526 bits per heavy atom. The largest absolute Gasteiger partial charge is 0.494 e. The van der Waals surface area contributed by atoms with Crippen molar-refractivity contribution in [1.29, 1.82) is 0 Å². The molecule has 0 saturated carbocycles. The second-order valence-electron chi connectivity index (χ2n) is 9.59. The van der Waals surface area contributed by atoms with E-state index in [2.05, 4.69) is 0 Å². The maximum atomic E-state index is 12.2. The highest BCUT2D eigenvalue weighted by molar-refractivity contribution is 6.04. The van der Waals surface area contributed by atoms with Crippen LogP contribution in [0, 0.1) is 0 Å². The van der Waals surface area contributed by atoms with E-state index in [0.717, 1.165) is 74.0 Å². The molecule has 2 rings (SSSR count). The Bertz CT molecular complexity index is 840. The van der Waals surface area contributed by atoms with Gasteiger partial charge in [-0.15, -0.1) is 0 Å². The molecular weight excluding hydrogens is 476 g/mol. The first kappa shape index (κ1) is 31.3. The number of aliphatic hydroxyl groups is 2. The molecule has 0 aliphatic rings. The molecule has 5 heteroatoms. The molecule has 0 radical (unpaired) electrons. The van der Waals surface area contributed by atoms with E-state index in [1.165, 1.54) is 25.7 Å². The second kappa shape index (κ2) is 21.1. The highest BCUT2D eigenvalue weighted by Crippen LogP contribution is 2.16. The summed E-state index contributed by atoms with van der Waals surface area (Å²) >= 11 is 0. The molecule has 38 heavy (non-hydrogen) atoms. The van der Waals surface area contributed by atoms with E-state index in [1.54, 1.807) is 12.2 Å². The van der Waals surface area contributed by atoms with Crippen LogP contribution < -0.4 is 9.47 Å². The van der Waals surface area contributed by atoms with Crippen molar-refractivity contribution in [2.45, 2.75) is 77.0 Å². The summed E-state index contributed by atoms with van der Waals surface area (Å²) in [5, 5.41) is 17.6. The first-order valence-electron chi connectivity index (χ1n) is 14.3. The smallest absolute Gasteiger partial charge is 0.178 e. The van der Waals surface area contributed by atoms with Gasteiger partial charge in [-0.2, -0.15) is 0 Å². The van der Waals surface area contributed by atoms with E-state index >= 15 is 0 Å². The van der Waals surface area contributed by atoms with E-state index in [9.17, 15) is 4.79 Å². The summed E-state index contributed by atoms with van der Waals surface area (Å²) in [4.78, 5) is 12.2. The van der Waals surface area contributed by atoms with Gasteiger partial charge >= 0.3 is 0 Å². The molecule has 0 amide bonds. The summed E-state index contributed by atoms with van der Waals surface area (Å²) in [7, 11) is 0. The first-order chi connectivity index (χ1) is 18.7. The molecule has 2 aromatic rings. The average molecular weight is 523 g/mol. The minimum atomic E-state index is -0.0661. The summed E-state index contributed by atoms with van der Waals surface area (Å²) < 4.78 is 11.6. The van der Waals surface area contributed by atoms with Gasteiger partial charge in [0.15, 0.2) is 5.78 Å². The van der Waals surface area contributed by atoms with E-state index in [-0.39, 0.29) is 5.78 Å². The number of carbonyl (C=O) groups is 1. The van der Waals surface area contributed by atoms with Gasteiger partial charge in [-0.05, 0) is 73.2 Å². The second-order valence-corrected chi connectivity index (χ2v) is 9.59. The lowest BCUT2D eigenvalue weighted by molar-refractivity contribution is -0.110.